The first-order valence-corrected chi connectivity index (χ1v) is 10.5. The molecule has 0 saturated heterocycles. The highest BCUT2D eigenvalue weighted by Gasteiger charge is 2.27. The molecule has 0 bridgehead atoms. The zero-order valence-corrected chi connectivity index (χ0v) is 17.7. The number of benzene rings is 2. The van der Waals surface area contributed by atoms with Crippen molar-refractivity contribution in [3.8, 4) is 0 Å². The van der Waals surface area contributed by atoms with Crippen LogP contribution in [0.4, 0.5) is 5.69 Å². The van der Waals surface area contributed by atoms with Crippen LogP contribution in [0.1, 0.15) is 36.2 Å². The third-order valence-corrected chi connectivity index (χ3v) is 6.36. The lowest BCUT2D eigenvalue weighted by atomic mass is 10.1. The second-order valence-corrected chi connectivity index (χ2v) is 8.38. The SMILES string of the molecule is CCN1/C(=C/c2ccc3ccc(C)cc3[n+]2CC)Sc2cc(C)cc(C)c21. The molecular weight excluding hydrogens is 348 g/mol. The molecule has 4 rings (SSSR count). The number of thioether (sulfide) groups is 1. The quantitative estimate of drug-likeness (QED) is 0.518. The van der Waals surface area contributed by atoms with Crippen molar-refractivity contribution in [2.45, 2.75) is 46.1 Å². The Morgan fingerprint density at radius 3 is 2.48 bits per heavy atom. The average molecular weight is 376 g/mol. The molecule has 0 unspecified atom stereocenters. The zero-order valence-electron chi connectivity index (χ0n) is 16.8. The van der Waals surface area contributed by atoms with Gasteiger partial charge in [0.1, 0.15) is 6.54 Å². The predicted molar refractivity (Wildman–Crippen MR) is 117 cm³/mol. The molecule has 2 heterocycles. The summed E-state index contributed by atoms with van der Waals surface area (Å²) in [6.45, 7) is 13.0. The highest BCUT2D eigenvalue weighted by molar-refractivity contribution is 8.03. The highest BCUT2D eigenvalue weighted by atomic mass is 32.2. The van der Waals surface area contributed by atoms with E-state index < -0.39 is 0 Å². The van der Waals surface area contributed by atoms with Crippen molar-refractivity contribution in [3.05, 3.63) is 69.9 Å². The van der Waals surface area contributed by atoms with E-state index >= 15 is 0 Å². The molecule has 138 valence electrons. The van der Waals surface area contributed by atoms with Crippen LogP contribution in [0.25, 0.3) is 17.0 Å². The lowest BCUT2D eigenvalue weighted by Crippen LogP contribution is -2.37. The first-order chi connectivity index (χ1) is 13.0. The van der Waals surface area contributed by atoms with Gasteiger partial charge in [0.05, 0.1) is 10.7 Å². The number of pyridine rings is 1. The molecule has 1 aliphatic heterocycles. The van der Waals surface area contributed by atoms with E-state index in [0.29, 0.717) is 0 Å². The van der Waals surface area contributed by atoms with E-state index in [0.717, 1.165) is 13.1 Å². The van der Waals surface area contributed by atoms with Crippen LogP contribution in [0, 0.1) is 20.8 Å². The minimum atomic E-state index is 0.960. The van der Waals surface area contributed by atoms with Gasteiger partial charge >= 0.3 is 0 Å². The third-order valence-electron chi connectivity index (χ3n) is 5.29. The van der Waals surface area contributed by atoms with Gasteiger partial charge in [-0.2, -0.15) is 4.57 Å². The van der Waals surface area contributed by atoms with Crippen molar-refractivity contribution in [3.63, 3.8) is 0 Å². The molecule has 1 aliphatic rings. The number of anilines is 1. The molecule has 0 N–H and O–H groups in total. The molecule has 0 saturated carbocycles. The summed E-state index contributed by atoms with van der Waals surface area (Å²) in [5.41, 5.74) is 7.94. The predicted octanol–water partition coefficient (Wildman–Crippen LogP) is 6.00. The minimum Gasteiger partial charge on any atom is -0.335 e. The van der Waals surface area contributed by atoms with Crippen LogP contribution >= 0.6 is 11.8 Å². The van der Waals surface area contributed by atoms with Gasteiger partial charge in [0.25, 0.3) is 0 Å². The van der Waals surface area contributed by atoms with Crippen molar-refractivity contribution >= 4 is 34.4 Å². The molecule has 1 aromatic heterocycles. The summed E-state index contributed by atoms with van der Waals surface area (Å²) in [5, 5.41) is 2.61. The fourth-order valence-electron chi connectivity index (χ4n) is 4.08. The smallest absolute Gasteiger partial charge is 0.213 e. The largest absolute Gasteiger partial charge is 0.335 e. The second-order valence-electron chi connectivity index (χ2n) is 7.32. The van der Waals surface area contributed by atoms with Crippen LogP contribution in [-0.2, 0) is 6.54 Å². The summed E-state index contributed by atoms with van der Waals surface area (Å²) in [7, 11) is 0. The molecule has 0 atom stereocenters. The maximum absolute atomic E-state index is 2.45. The van der Waals surface area contributed by atoms with Crippen LogP contribution in [0.3, 0.4) is 0 Å². The first-order valence-electron chi connectivity index (χ1n) is 9.73. The third kappa shape index (κ3) is 3.14. The van der Waals surface area contributed by atoms with Crippen molar-refractivity contribution in [2.24, 2.45) is 0 Å². The van der Waals surface area contributed by atoms with E-state index in [9.17, 15) is 0 Å². The summed E-state index contributed by atoms with van der Waals surface area (Å²) < 4.78 is 2.42. The Bertz CT molecular complexity index is 1070. The number of rotatable bonds is 3. The molecule has 27 heavy (non-hydrogen) atoms. The number of fused-ring (bicyclic) bond motifs is 2. The normalized spacial score (nSPS) is 15.0. The van der Waals surface area contributed by atoms with Gasteiger partial charge < -0.3 is 4.90 Å². The monoisotopic (exact) mass is 375 g/mol. The maximum Gasteiger partial charge on any atom is 0.213 e. The lowest BCUT2D eigenvalue weighted by Gasteiger charge is -2.20. The molecule has 3 heteroatoms. The minimum absolute atomic E-state index is 0.960. The van der Waals surface area contributed by atoms with Crippen LogP contribution < -0.4 is 9.47 Å². The van der Waals surface area contributed by atoms with E-state index in [1.807, 2.05) is 11.8 Å². The topological polar surface area (TPSA) is 7.12 Å². The Morgan fingerprint density at radius 1 is 0.963 bits per heavy atom. The highest BCUT2D eigenvalue weighted by Crippen LogP contribution is 2.48. The summed E-state index contributed by atoms with van der Waals surface area (Å²) in [4.78, 5) is 3.83. The molecule has 2 nitrogen and oxygen atoms in total. The molecule has 0 amide bonds. The number of hydrogen-bond acceptors (Lipinski definition) is 2. The summed E-state index contributed by atoms with van der Waals surface area (Å²) in [6, 6.07) is 15.8. The van der Waals surface area contributed by atoms with Gasteiger partial charge in [-0.1, -0.05) is 23.9 Å². The van der Waals surface area contributed by atoms with Crippen LogP contribution in [0.15, 0.2) is 52.4 Å². The molecule has 0 aliphatic carbocycles. The number of nitrogens with zero attached hydrogens (tertiary/aromatic N) is 2. The van der Waals surface area contributed by atoms with Crippen LogP contribution in [0.5, 0.6) is 0 Å². The van der Waals surface area contributed by atoms with Gasteiger partial charge in [-0.15, -0.1) is 0 Å². The van der Waals surface area contributed by atoms with Gasteiger partial charge in [0, 0.05) is 35.0 Å². The molecule has 0 fully saturated rings. The Kier molecular flexibility index (Phi) is 4.73. The van der Waals surface area contributed by atoms with Crippen molar-refractivity contribution < 1.29 is 4.57 Å². The van der Waals surface area contributed by atoms with Crippen LogP contribution in [0.2, 0.25) is 0 Å². The molecule has 0 spiro atoms. The van der Waals surface area contributed by atoms with E-state index in [1.54, 1.807) is 0 Å². The fraction of sp³-hybridized carbons (Fsp3) is 0.292. The van der Waals surface area contributed by atoms with Gasteiger partial charge in [0.2, 0.25) is 11.2 Å². The number of aromatic nitrogens is 1. The first kappa shape index (κ1) is 18.1. The van der Waals surface area contributed by atoms with E-state index in [1.165, 1.54) is 48.9 Å². The lowest BCUT2D eigenvalue weighted by molar-refractivity contribution is -0.669. The Labute approximate surface area is 166 Å². The maximum atomic E-state index is 2.45. The molecule has 3 aromatic rings. The Morgan fingerprint density at radius 2 is 1.74 bits per heavy atom. The Balaban J connectivity index is 1.85. The van der Waals surface area contributed by atoms with Crippen molar-refractivity contribution in [2.75, 3.05) is 11.4 Å². The Hall–Kier alpha value is -2.26. The summed E-state index contributed by atoms with van der Waals surface area (Å²) in [5.74, 6) is 0. The number of hydrogen-bond donors (Lipinski definition) is 0. The van der Waals surface area contributed by atoms with Gasteiger partial charge in [-0.05, 0) is 69.5 Å². The second kappa shape index (κ2) is 7.05. The summed E-state index contributed by atoms with van der Waals surface area (Å²) >= 11 is 1.89. The van der Waals surface area contributed by atoms with Gasteiger partial charge in [-0.25, -0.2) is 0 Å². The van der Waals surface area contributed by atoms with Crippen LogP contribution in [-0.4, -0.2) is 6.54 Å². The van der Waals surface area contributed by atoms with E-state index in [2.05, 4.69) is 92.6 Å². The van der Waals surface area contributed by atoms with Crippen molar-refractivity contribution in [1.82, 2.24) is 0 Å². The zero-order chi connectivity index (χ0) is 19.1. The number of aryl methyl sites for hydroxylation is 4. The molecule has 0 radical (unpaired) electrons. The summed E-state index contributed by atoms with van der Waals surface area (Å²) in [6.07, 6.45) is 2.36. The van der Waals surface area contributed by atoms with Gasteiger partial charge in [-0.3, -0.25) is 0 Å². The molecule has 2 aromatic carbocycles. The average Bonchev–Trinajstić information content (AvgIpc) is 2.98. The molecular formula is C24H27N2S+. The fourth-order valence-corrected chi connectivity index (χ4v) is 5.43. The van der Waals surface area contributed by atoms with Crippen molar-refractivity contribution in [1.29, 1.82) is 0 Å². The standard InChI is InChI=1S/C24H27N2S/c1-6-25-20(11-10-19-9-8-16(3)13-21(19)25)15-23-26(7-2)24-18(5)12-17(4)14-22(24)27-23/h8-15H,6-7H2,1-5H3/q+1. The van der Waals surface area contributed by atoms with E-state index in [-0.39, 0.29) is 0 Å². The van der Waals surface area contributed by atoms with E-state index in [4.69, 9.17) is 0 Å². The van der Waals surface area contributed by atoms with Gasteiger partial charge in [0.15, 0.2) is 0 Å².